The zero-order valence-corrected chi connectivity index (χ0v) is 15.7. The average Bonchev–Trinajstić information content (AvgIpc) is 3.29. The largest absolute Gasteiger partial charge is 0.497 e. The number of carbonyl (C=O) groups excluding carboxylic acids is 1. The van der Waals surface area contributed by atoms with Gasteiger partial charge in [-0.2, -0.15) is 0 Å². The summed E-state index contributed by atoms with van der Waals surface area (Å²) in [6.07, 6.45) is 3.76. The molecule has 2 heterocycles. The number of rotatable bonds is 6. The van der Waals surface area contributed by atoms with Gasteiger partial charge in [0, 0.05) is 12.6 Å². The molecule has 3 rings (SSSR count). The fraction of sp³-hybridized carbons (Fsp3) is 0.500. The Hall–Kier alpha value is -2.02. The average molecular weight is 360 g/mol. The van der Waals surface area contributed by atoms with Crippen LogP contribution in [-0.4, -0.2) is 45.0 Å². The van der Waals surface area contributed by atoms with Gasteiger partial charge < -0.3 is 14.2 Å². The number of hydrogen-bond donors (Lipinski definition) is 0. The third kappa shape index (κ3) is 3.98. The highest BCUT2D eigenvalue weighted by atomic mass is 32.2. The Bertz CT molecular complexity index is 714. The molecular formula is C18H24N4O2S. The van der Waals surface area contributed by atoms with E-state index >= 15 is 0 Å². The maximum absolute atomic E-state index is 12.8. The number of likely N-dealkylation sites (tertiary alicyclic amines) is 1. The van der Waals surface area contributed by atoms with E-state index < -0.39 is 0 Å². The lowest BCUT2D eigenvalue weighted by Gasteiger charge is -2.25. The van der Waals surface area contributed by atoms with Crippen molar-refractivity contribution in [2.45, 2.75) is 43.9 Å². The minimum atomic E-state index is 0.154. The normalized spacial score (nSPS) is 17.3. The van der Waals surface area contributed by atoms with E-state index in [-0.39, 0.29) is 18.0 Å². The Morgan fingerprint density at radius 3 is 2.80 bits per heavy atom. The molecule has 1 aromatic heterocycles. The number of nitrogens with zero attached hydrogens (tertiary/aromatic N) is 4. The van der Waals surface area contributed by atoms with E-state index in [1.807, 2.05) is 21.6 Å². The molecule has 2 aromatic rings. The van der Waals surface area contributed by atoms with Crippen molar-refractivity contribution in [1.82, 2.24) is 19.7 Å². The molecule has 0 radical (unpaired) electrons. The maximum atomic E-state index is 12.8. The van der Waals surface area contributed by atoms with Crippen LogP contribution in [0.15, 0.2) is 35.7 Å². The summed E-state index contributed by atoms with van der Waals surface area (Å²) >= 11 is 1.46. The van der Waals surface area contributed by atoms with E-state index in [0.29, 0.717) is 5.75 Å². The van der Waals surface area contributed by atoms with Gasteiger partial charge >= 0.3 is 0 Å². The van der Waals surface area contributed by atoms with Crippen LogP contribution in [0.3, 0.4) is 0 Å². The molecule has 1 fully saturated rings. The predicted octanol–water partition coefficient (Wildman–Crippen LogP) is 3.32. The molecule has 0 unspecified atom stereocenters. The van der Waals surface area contributed by atoms with Crippen LogP contribution in [0.1, 0.15) is 44.3 Å². The fourth-order valence-corrected chi connectivity index (χ4v) is 4.07. The number of thioether (sulfide) groups is 1. The summed E-state index contributed by atoms with van der Waals surface area (Å²) in [5.41, 5.74) is 1.17. The van der Waals surface area contributed by atoms with Gasteiger partial charge in [0.15, 0.2) is 5.16 Å². The molecule has 25 heavy (non-hydrogen) atoms. The topological polar surface area (TPSA) is 60.2 Å². The third-order valence-electron chi connectivity index (χ3n) is 4.50. The first-order chi connectivity index (χ1) is 12.1. The quantitative estimate of drug-likeness (QED) is 0.740. The highest BCUT2D eigenvalue weighted by Crippen LogP contribution is 2.33. The lowest BCUT2D eigenvalue weighted by atomic mass is 10.0. The van der Waals surface area contributed by atoms with Gasteiger partial charge in [-0.3, -0.25) is 4.79 Å². The predicted molar refractivity (Wildman–Crippen MR) is 97.8 cm³/mol. The van der Waals surface area contributed by atoms with Gasteiger partial charge in [-0.25, -0.2) is 0 Å². The van der Waals surface area contributed by atoms with Crippen molar-refractivity contribution in [1.29, 1.82) is 0 Å². The molecule has 1 saturated heterocycles. The SMILES string of the molecule is COc1ccc([C@H]2CCCN2C(=O)CSc2nncn2C(C)C)cc1. The molecule has 7 heteroatoms. The van der Waals surface area contributed by atoms with E-state index in [1.165, 1.54) is 17.3 Å². The van der Waals surface area contributed by atoms with Gasteiger partial charge in [0.2, 0.25) is 5.91 Å². The Labute approximate surface area is 152 Å². The Balaban J connectivity index is 1.65. The van der Waals surface area contributed by atoms with Gasteiger partial charge in [0.05, 0.1) is 18.9 Å². The van der Waals surface area contributed by atoms with Crippen molar-refractivity contribution in [2.24, 2.45) is 0 Å². The molecule has 1 aliphatic rings. The summed E-state index contributed by atoms with van der Waals surface area (Å²) in [7, 11) is 1.66. The van der Waals surface area contributed by atoms with Crippen LogP contribution >= 0.6 is 11.8 Å². The first-order valence-corrected chi connectivity index (χ1v) is 9.54. The van der Waals surface area contributed by atoms with Crippen LogP contribution in [0, 0.1) is 0 Å². The molecule has 0 saturated carbocycles. The first-order valence-electron chi connectivity index (χ1n) is 8.56. The summed E-state index contributed by atoms with van der Waals surface area (Å²) in [4.78, 5) is 14.7. The number of hydrogen-bond acceptors (Lipinski definition) is 5. The molecule has 1 amide bonds. The minimum absolute atomic E-state index is 0.154. The van der Waals surface area contributed by atoms with Crippen molar-refractivity contribution in [2.75, 3.05) is 19.4 Å². The molecular weight excluding hydrogens is 336 g/mol. The fourth-order valence-electron chi connectivity index (χ4n) is 3.14. The van der Waals surface area contributed by atoms with Crippen LogP contribution in [0.5, 0.6) is 5.75 Å². The highest BCUT2D eigenvalue weighted by molar-refractivity contribution is 7.99. The van der Waals surface area contributed by atoms with Crippen molar-refractivity contribution in [3.05, 3.63) is 36.2 Å². The molecule has 0 N–H and O–H groups in total. The van der Waals surface area contributed by atoms with Crippen LogP contribution in [0.4, 0.5) is 0 Å². The molecule has 1 atom stereocenters. The van der Waals surface area contributed by atoms with Gasteiger partial charge in [0.1, 0.15) is 12.1 Å². The summed E-state index contributed by atoms with van der Waals surface area (Å²) in [6.45, 7) is 4.97. The van der Waals surface area contributed by atoms with Crippen LogP contribution in [0.25, 0.3) is 0 Å². The van der Waals surface area contributed by atoms with E-state index in [0.717, 1.165) is 30.3 Å². The molecule has 0 bridgehead atoms. The Morgan fingerprint density at radius 1 is 1.36 bits per heavy atom. The lowest BCUT2D eigenvalue weighted by molar-refractivity contribution is -0.129. The summed E-state index contributed by atoms with van der Waals surface area (Å²) < 4.78 is 7.21. The number of aromatic nitrogens is 3. The smallest absolute Gasteiger partial charge is 0.233 e. The van der Waals surface area contributed by atoms with E-state index in [1.54, 1.807) is 13.4 Å². The van der Waals surface area contributed by atoms with Crippen LogP contribution < -0.4 is 4.74 Å². The second-order valence-electron chi connectivity index (χ2n) is 6.42. The number of ether oxygens (including phenoxy) is 1. The van der Waals surface area contributed by atoms with Crippen LogP contribution in [0.2, 0.25) is 0 Å². The van der Waals surface area contributed by atoms with Crippen molar-refractivity contribution in [3.63, 3.8) is 0 Å². The monoisotopic (exact) mass is 360 g/mol. The molecule has 134 valence electrons. The first kappa shape index (κ1) is 17.8. The Kier molecular flexibility index (Phi) is 5.63. The number of benzene rings is 1. The lowest BCUT2D eigenvalue weighted by Crippen LogP contribution is -2.32. The Morgan fingerprint density at radius 2 is 2.12 bits per heavy atom. The van der Waals surface area contributed by atoms with Gasteiger partial charge in [-0.05, 0) is 44.4 Å². The summed E-state index contributed by atoms with van der Waals surface area (Å²) in [5.74, 6) is 1.38. The standard InChI is InChI=1S/C18H24N4O2S/c1-13(2)22-12-19-20-18(22)25-11-17(23)21-10-4-5-16(21)14-6-8-15(24-3)9-7-14/h6-9,12-13,16H,4-5,10-11H2,1-3H3/t16-/m1/s1. The number of methoxy groups -OCH3 is 1. The van der Waals surface area contributed by atoms with E-state index in [9.17, 15) is 4.79 Å². The molecule has 0 spiro atoms. The van der Waals surface area contributed by atoms with E-state index in [4.69, 9.17) is 4.74 Å². The van der Waals surface area contributed by atoms with Crippen molar-refractivity contribution in [3.8, 4) is 5.75 Å². The minimum Gasteiger partial charge on any atom is -0.497 e. The number of carbonyl (C=O) groups is 1. The molecule has 1 aliphatic heterocycles. The molecule has 0 aliphatic carbocycles. The van der Waals surface area contributed by atoms with Crippen molar-refractivity contribution < 1.29 is 9.53 Å². The van der Waals surface area contributed by atoms with Gasteiger partial charge in [0.25, 0.3) is 0 Å². The summed E-state index contributed by atoms with van der Waals surface area (Å²) in [5, 5.41) is 8.87. The molecule has 6 nitrogen and oxygen atoms in total. The van der Waals surface area contributed by atoms with Crippen molar-refractivity contribution >= 4 is 17.7 Å². The zero-order valence-electron chi connectivity index (χ0n) is 14.9. The number of amides is 1. The van der Waals surface area contributed by atoms with Gasteiger partial charge in [-0.15, -0.1) is 10.2 Å². The third-order valence-corrected chi connectivity index (χ3v) is 5.44. The summed E-state index contributed by atoms with van der Waals surface area (Å²) in [6, 6.07) is 8.45. The second-order valence-corrected chi connectivity index (χ2v) is 7.36. The van der Waals surface area contributed by atoms with Crippen LogP contribution in [-0.2, 0) is 4.79 Å². The maximum Gasteiger partial charge on any atom is 0.233 e. The van der Waals surface area contributed by atoms with E-state index in [2.05, 4.69) is 36.2 Å². The highest BCUT2D eigenvalue weighted by Gasteiger charge is 2.30. The second kappa shape index (κ2) is 7.91. The molecule has 1 aromatic carbocycles. The van der Waals surface area contributed by atoms with Gasteiger partial charge in [-0.1, -0.05) is 23.9 Å². The zero-order chi connectivity index (χ0) is 17.8.